The van der Waals surface area contributed by atoms with E-state index in [-0.39, 0.29) is 11.4 Å². The largest absolute Gasteiger partial charge is 0.352 e. The number of halogens is 1. The number of anilines is 3. The van der Waals surface area contributed by atoms with Crippen molar-refractivity contribution in [2.45, 2.75) is 25.8 Å². The van der Waals surface area contributed by atoms with Crippen LogP contribution in [0.3, 0.4) is 0 Å². The van der Waals surface area contributed by atoms with Gasteiger partial charge in [-0.25, -0.2) is 9.37 Å². The molecular weight excluding hydrogens is 381 g/mol. The van der Waals surface area contributed by atoms with E-state index >= 15 is 0 Å². The maximum Gasteiger partial charge on any atom is 0.229 e. The normalized spacial score (nSPS) is 19.2. The predicted octanol–water partition coefficient (Wildman–Crippen LogP) is 2.70. The van der Waals surface area contributed by atoms with Gasteiger partial charge >= 0.3 is 0 Å². The Labute approximate surface area is 177 Å². The van der Waals surface area contributed by atoms with Gasteiger partial charge in [0.15, 0.2) is 0 Å². The van der Waals surface area contributed by atoms with E-state index in [0.717, 1.165) is 56.2 Å². The number of likely N-dealkylation sites (N-methyl/N-ethyl adjacent to an activating group) is 1. The van der Waals surface area contributed by atoms with Gasteiger partial charge in [-0.05, 0) is 44.7 Å². The molecule has 30 heavy (non-hydrogen) atoms. The molecule has 2 fully saturated rings. The molecule has 1 aromatic carbocycles. The Balaban J connectivity index is 1.50. The molecule has 2 aromatic rings. The van der Waals surface area contributed by atoms with E-state index in [2.05, 4.69) is 38.1 Å². The maximum absolute atomic E-state index is 13.7. The van der Waals surface area contributed by atoms with Crippen molar-refractivity contribution in [3.8, 4) is 6.07 Å². The fourth-order valence-electron chi connectivity index (χ4n) is 4.42. The zero-order chi connectivity index (χ0) is 21.3. The molecule has 1 N–H and O–H groups in total. The van der Waals surface area contributed by atoms with Crippen LogP contribution in [-0.4, -0.2) is 71.6 Å². The molecule has 0 amide bonds. The smallest absolute Gasteiger partial charge is 0.229 e. The minimum absolute atomic E-state index is 0.110. The summed E-state index contributed by atoms with van der Waals surface area (Å²) >= 11 is 0. The third-order valence-electron chi connectivity index (χ3n) is 6.10. The van der Waals surface area contributed by atoms with Crippen molar-refractivity contribution in [1.29, 1.82) is 5.26 Å². The predicted molar refractivity (Wildman–Crippen MR) is 115 cm³/mol. The average Bonchev–Trinajstić information content (AvgIpc) is 2.66. The molecule has 0 aliphatic carbocycles. The highest BCUT2D eigenvalue weighted by Crippen LogP contribution is 2.36. The van der Waals surface area contributed by atoms with Gasteiger partial charge in [0, 0.05) is 56.7 Å². The Bertz CT molecular complexity index is 936. The molecule has 0 saturated carbocycles. The number of hydrogen-bond acceptors (Lipinski definition) is 7. The standard InChI is InChI=1S/C22H28FN7/c1-16-10-18(23)12-19(11-16)26-21-25-13-17(2)20(27-21)29-14-22(15-29,4-5-24)30-8-6-28(3)7-9-30/h10-13H,4,6-9,14-15H2,1-3H3,(H,25,26,27). The number of hydrogen-bond donors (Lipinski definition) is 1. The number of benzene rings is 1. The lowest BCUT2D eigenvalue weighted by atomic mass is 9.84. The summed E-state index contributed by atoms with van der Waals surface area (Å²) in [7, 11) is 2.14. The first-order chi connectivity index (χ1) is 14.4. The van der Waals surface area contributed by atoms with E-state index in [9.17, 15) is 9.65 Å². The Morgan fingerprint density at radius 2 is 1.90 bits per heavy atom. The molecule has 2 saturated heterocycles. The Kier molecular flexibility index (Phi) is 5.58. The summed E-state index contributed by atoms with van der Waals surface area (Å²) < 4.78 is 13.7. The second-order valence-corrected chi connectivity index (χ2v) is 8.55. The maximum atomic E-state index is 13.7. The van der Waals surface area contributed by atoms with Gasteiger partial charge in [-0.1, -0.05) is 0 Å². The van der Waals surface area contributed by atoms with Crippen molar-refractivity contribution >= 4 is 17.5 Å². The molecule has 3 heterocycles. The minimum atomic E-state index is -0.291. The van der Waals surface area contributed by atoms with Crippen molar-refractivity contribution in [1.82, 2.24) is 19.8 Å². The van der Waals surface area contributed by atoms with Crippen LogP contribution < -0.4 is 10.2 Å². The summed E-state index contributed by atoms with van der Waals surface area (Å²) in [6.07, 6.45) is 2.31. The number of nitriles is 1. The van der Waals surface area contributed by atoms with E-state index in [0.29, 0.717) is 18.1 Å². The van der Waals surface area contributed by atoms with Gasteiger partial charge in [-0.3, -0.25) is 4.90 Å². The highest BCUT2D eigenvalue weighted by molar-refractivity contribution is 5.59. The van der Waals surface area contributed by atoms with E-state index in [1.807, 2.05) is 19.9 Å². The van der Waals surface area contributed by atoms with Crippen LogP contribution in [0.2, 0.25) is 0 Å². The molecule has 2 aliphatic rings. The highest BCUT2D eigenvalue weighted by Gasteiger charge is 2.48. The number of nitrogens with one attached hydrogen (secondary N) is 1. The molecule has 0 spiro atoms. The molecule has 0 unspecified atom stereocenters. The van der Waals surface area contributed by atoms with Gasteiger partial charge in [-0.2, -0.15) is 10.2 Å². The molecule has 1 aromatic heterocycles. The molecule has 158 valence electrons. The highest BCUT2D eigenvalue weighted by atomic mass is 19.1. The number of aryl methyl sites for hydroxylation is 2. The molecule has 2 aliphatic heterocycles. The average molecular weight is 410 g/mol. The lowest BCUT2D eigenvalue weighted by Gasteiger charge is -2.57. The Morgan fingerprint density at radius 3 is 2.57 bits per heavy atom. The van der Waals surface area contributed by atoms with Crippen molar-refractivity contribution in [3.63, 3.8) is 0 Å². The third kappa shape index (κ3) is 4.09. The first kappa shape index (κ1) is 20.5. The summed E-state index contributed by atoms with van der Waals surface area (Å²) in [6, 6.07) is 7.18. The topological polar surface area (TPSA) is 71.3 Å². The van der Waals surface area contributed by atoms with Crippen molar-refractivity contribution in [2.75, 3.05) is 56.5 Å². The Morgan fingerprint density at radius 1 is 1.17 bits per heavy atom. The van der Waals surface area contributed by atoms with Crippen LogP contribution in [-0.2, 0) is 0 Å². The Hall–Kier alpha value is -2.76. The van der Waals surface area contributed by atoms with Crippen molar-refractivity contribution in [2.24, 2.45) is 0 Å². The lowest BCUT2D eigenvalue weighted by molar-refractivity contribution is 0.0218. The summed E-state index contributed by atoms with van der Waals surface area (Å²) in [5.41, 5.74) is 2.34. The summed E-state index contributed by atoms with van der Waals surface area (Å²) in [4.78, 5) is 16.1. The van der Waals surface area contributed by atoms with Gasteiger partial charge in [0.05, 0.1) is 18.0 Å². The van der Waals surface area contributed by atoms with Gasteiger partial charge in [-0.15, -0.1) is 0 Å². The van der Waals surface area contributed by atoms with Crippen LogP contribution >= 0.6 is 0 Å². The fraction of sp³-hybridized carbons (Fsp3) is 0.500. The lowest BCUT2D eigenvalue weighted by Crippen LogP contribution is -2.72. The zero-order valence-electron chi connectivity index (χ0n) is 17.8. The van der Waals surface area contributed by atoms with Crippen LogP contribution in [0.25, 0.3) is 0 Å². The molecule has 0 atom stereocenters. The first-order valence-electron chi connectivity index (χ1n) is 10.3. The summed E-state index contributed by atoms with van der Waals surface area (Å²) in [5, 5.41) is 12.6. The molecule has 0 radical (unpaired) electrons. The van der Waals surface area contributed by atoms with Gasteiger partial charge in [0.2, 0.25) is 5.95 Å². The van der Waals surface area contributed by atoms with Crippen LogP contribution in [0.4, 0.5) is 21.8 Å². The van der Waals surface area contributed by atoms with Crippen LogP contribution in [0, 0.1) is 31.0 Å². The van der Waals surface area contributed by atoms with E-state index in [1.165, 1.54) is 12.1 Å². The number of piperazine rings is 1. The SMILES string of the molecule is Cc1cc(F)cc(Nc2ncc(C)c(N3CC(CC#N)(N4CCN(C)CC4)C3)n2)c1. The van der Waals surface area contributed by atoms with Crippen molar-refractivity contribution < 1.29 is 4.39 Å². The molecular formula is C22H28FN7. The van der Waals surface area contributed by atoms with Crippen LogP contribution in [0.15, 0.2) is 24.4 Å². The van der Waals surface area contributed by atoms with E-state index in [4.69, 9.17) is 4.98 Å². The fourth-order valence-corrected chi connectivity index (χ4v) is 4.42. The van der Waals surface area contributed by atoms with Crippen LogP contribution in [0.5, 0.6) is 0 Å². The summed E-state index contributed by atoms with van der Waals surface area (Å²) in [6.45, 7) is 9.43. The van der Waals surface area contributed by atoms with E-state index in [1.54, 1.807) is 6.20 Å². The van der Waals surface area contributed by atoms with Crippen molar-refractivity contribution in [3.05, 3.63) is 41.3 Å². The number of nitrogens with zero attached hydrogens (tertiary/aromatic N) is 6. The molecule has 0 bridgehead atoms. The second kappa shape index (κ2) is 8.17. The monoisotopic (exact) mass is 409 g/mol. The van der Waals surface area contributed by atoms with E-state index < -0.39 is 0 Å². The second-order valence-electron chi connectivity index (χ2n) is 8.55. The summed E-state index contributed by atoms with van der Waals surface area (Å²) in [5.74, 6) is 1.02. The minimum Gasteiger partial charge on any atom is -0.352 e. The molecule has 8 heteroatoms. The molecule has 4 rings (SSSR count). The molecule has 7 nitrogen and oxygen atoms in total. The van der Waals surface area contributed by atoms with Gasteiger partial charge in [0.25, 0.3) is 0 Å². The number of aromatic nitrogens is 2. The first-order valence-corrected chi connectivity index (χ1v) is 10.3. The third-order valence-corrected chi connectivity index (χ3v) is 6.10. The van der Waals surface area contributed by atoms with Crippen LogP contribution in [0.1, 0.15) is 17.5 Å². The number of rotatable bonds is 5. The van der Waals surface area contributed by atoms with Gasteiger partial charge in [0.1, 0.15) is 11.6 Å². The quantitative estimate of drug-likeness (QED) is 0.814. The zero-order valence-corrected chi connectivity index (χ0v) is 17.8. The van der Waals surface area contributed by atoms with Gasteiger partial charge < -0.3 is 15.1 Å².